The molecule has 0 fully saturated rings. The maximum Gasteiger partial charge on any atom is 0.252 e. The Balaban J connectivity index is 3.02. The lowest BCUT2D eigenvalue weighted by Crippen LogP contribution is -2.41. The third kappa shape index (κ3) is 3.40. The number of nitrogens with zero attached hydrogens (tertiary/aromatic N) is 1. The molecule has 5 nitrogen and oxygen atoms in total. The van der Waals surface area contributed by atoms with Gasteiger partial charge in [0.15, 0.2) is 9.34 Å². The fraction of sp³-hybridized carbons (Fsp3) is 0.700. The van der Waals surface area contributed by atoms with Gasteiger partial charge in [0.05, 0.1) is 5.69 Å². The van der Waals surface area contributed by atoms with Crippen molar-refractivity contribution in [3.05, 3.63) is 5.69 Å². The van der Waals surface area contributed by atoms with Crippen LogP contribution in [0.2, 0.25) is 0 Å². The zero-order valence-electron chi connectivity index (χ0n) is 10.7. The van der Waals surface area contributed by atoms with E-state index >= 15 is 0 Å². The van der Waals surface area contributed by atoms with Crippen LogP contribution >= 0.6 is 11.3 Å². The van der Waals surface area contributed by atoms with E-state index < -0.39 is 10.0 Å². The second-order valence-electron chi connectivity index (χ2n) is 5.13. The molecule has 0 spiro atoms. The van der Waals surface area contributed by atoms with Crippen LogP contribution in [0.3, 0.4) is 0 Å². The lowest BCUT2D eigenvalue weighted by molar-refractivity contribution is 0.318. The summed E-state index contributed by atoms with van der Waals surface area (Å²) in [5, 5.41) is 0.270. The van der Waals surface area contributed by atoms with Gasteiger partial charge >= 0.3 is 0 Å². The number of aromatic nitrogens is 1. The van der Waals surface area contributed by atoms with Crippen LogP contribution in [0.5, 0.6) is 0 Å². The molecule has 0 aliphatic carbocycles. The van der Waals surface area contributed by atoms with E-state index in [1.54, 1.807) is 6.92 Å². The van der Waals surface area contributed by atoms with Crippen molar-refractivity contribution in [2.45, 2.75) is 44.9 Å². The number of sulfonamides is 1. The van der Waals surface area contributed by atoms with E-state index in [0.29, 0.717) is 5.69 Å². The minimum absolute atomic E-state index is 0.142. The molecule has 1 rings (SSSR count). The molecule has 0 saturated carbocycles. The third-order valence-corrected chi connectivity index (χ3v) is 5.78. The Labute approximate surface area is 106 Å². The Kier molecular flexibility index (Phi) is 3.85. The Bertz CT molecular complexity index is 500. The van der Waals surface area contributed by atoms with Gasteiger partial charge in [-0.2, -0.15) is 0 Å². The summed E-state index contributed by atoms with van der Waals surface area (Å²) in [6.45, 7) is 9.43. The maximum atomic E-state index is 12.1. The van der Waals surface area contributed by atoms with Gasteiger partial charge < -0.3 is 5.73 Å². The Hall–Kier alpha value is -0.660. The summed E-state index contributed by atoms with van der Waals surface area (Å²) in [5.41, 5.74) is 5.81. The van der Waals surface area contributed by atoms with Crippen LogP contribution in [-0.2, 0) is 10.0 Å². The molecular formula is C10H19N3O2S2. The fourth-order valence-electron chi connectivity index (χ4n) is 1.11. The lowest BCUT2D eigenvalue weighted by atomic mass is 9.89. The highest BCUT2D eigenvalue weighted by Gasteiger charge is 2.28. The second kappa shape index (κ2) is 4.55. The summed E-state index contributed by atoms with van der Waals surface area (Å²) in [6, 6.07) is -0.171. The van der Waals surface area contributed by atoms with Crippen LogP contribution in [-0.4, -0.2) is 19.4 Å². The van der Waals surface area contributed by atoms with Crippen molar-refractivity contribution < 1.29 is 8.42 Å². The van der Waals surface area contributed by atoms with Crippen LogP contribution in [0.15, 0.2) is 4.21 Å². The molecule has 1 heterocycles. The van der Waals surface area contributed by atoms with Crippen molar-refractivity contribution >= 4 is 26.5 Å². The van der Waals surface area contributed by atoms with E-state index in [9.17, 15) is 8.42 Å². The minimum atomic E-state index is -3.53. The second-order valence-corrected chi connectivity index (χ2v) is 8.07. The van der Waals surface area contributed by atoms with Crippen LogP contribution in [0.25, 0.3) is 0 Å². The van der Waals surface area contributed by atoms with E-state index in [-0.39, 0.29) is 20.8 Å². The van der Waals surface area contributed by atoms with Gasteiger partial charge in [0, 0.05) is 6.04 Å². The lowest BCUT2D eigenvalue weighted by Gasteiger charge is -2.27. The van der Waals surface area contributed by atoms with Gasteiger partial charge in [0.1, 0.15) is 0 Å². The van der Waals surface area contributed by atoms with Gasteiger partial charge in [0.25, 0.3) is 10.0 Å². The molecule has 0 amide bonds. The number of nitrogens with one attached hydrogen (secondary N) is 1. The van der Waals surface area contributed by atoms with Crippen molar-refractivity contribution in [2.75, 3.05) is 5.73 Å². The van der Waals surface area contributed by atoms with Crippen molar-refractivity contribution in [1.82, 2.24) is 9.71 Å². The average Bonchev–Trinajstić information content (AvgIpc) is 2.43. The predicted molar refractivity (Wildman–Crippen MR) is 70.5 cm³/mol. The van der Waals surface area contributed by atoms with Crippen molar-refractivity contribution in [2.24, 2.45) is 5.41 Å². The summed E-state index contributed by atoms with van der Waals surface area (Å²) >= 11 is 0.990. The molecule has 7 heteroatoms. The monoisotopic (exact) mass is 277 g/mol. The maximum absolute atomic E-state index is 12.1. The van der Waals surface area contributed by atoms with Crippen LogP contribution in [0, 0.1) is 12.3 Å². The molecule has 1 atom stereocenters. The molecule has 1 unspecified atom stereocenters. The van der Waals surface area contributed by atoms with Crippen molar-refractivity contribution in [1.29, 1.82) is 0 Å². The zero-order valence-corrected chi connectivity index (χ0v) is 12.4. The van der Waals surface area contributed by atoms with Gasteiger partial charge in [-0.1, -0.05) is 32.1 Å². The first-order valence-electron chi connectivity index (χ1n) is 5.29. The van der Waals surface area contributed by atoms with Gasteiger partial charge in [-0.15, -0.1) is 0 Å². The molecule has 0 aromatic carbocycles. The Morgan fingerprint density at radius 3 is 2.29 bits per heavy atom. The largest absolute Gasteiger partial charge is 0.375 e. The number of aryl methyl sites for hydroxylation is 1. The normalized spacial score (nSPS) is 14.9. The quantitative estimate of drug-likeness (QED) is 0.881. The standard InChI is InChI=1S/C10H19N3O2S2/c1-6-8(16-9(11)12-6)17(14,15)13-7(2)10(3,4)5/h7,13H,1-5H3,(H2,11,12). The van der Waals surface area contributed by atoms with Gasteiger partial charge in [-0.3, -0.25) is 0 Å². The average molecular weight is 277 g/mol. The number of hydrogen-bond donors (Lipinski definition) is 2. The molecule has 98 valence electrons. The van der Waals surface area contributed by atoms with Gasteiger partial charge in [-0.25, -0.2) is 18.1 Å². The summed E-state index contributed by atoms with van der Waals surface area (Å²) < 4.78 is 27.1. The zero-order chi connectivity index (χ0) is 13.4. The fourth-order valence-corrected chi connectivity index (χ4v) is 3.88. The molecule has 1 aromatic heterocycles. The topological polar surface area (TPSA) is 85.1 Å². The summed E-state index contributed by atoms with van der Waals surface area (Å²) in [5.74, 6) is 0. The Morgan fingerprint density at radius 2 is 1.94 bits per heavy atom. The highest BCUT2D eigenvalue weighted by molar-refractivity contribution is 7.91. The van der Waals surface area contributed by atoms with Gasteiger partial charge in [-0.05, 0) is 19.3 Å². The van der Waals surface area contributed by atoms with Crippen molar-refractivity contribution in [3.8, 4) is 0 Å². The molecule has 17 heavy (non-hydrogen) atoms. The van der Waals surface area contributed by atoms with E-state index in [4.69, 9.17) is 5.73 Å². The Morgan fingerprint density at radius 1 is 1.41 bits per heavy atom. The first-order chi connectivity index (χ1) is 7.54. The molecule has 0 radical (unpaired) electrons. The molecule has 0 bridgehead atoms. The SMILES string of the molecule is Cc1nc(N)sc1S(=O)(=O)NC(C)C(C)(C)C. The molecule has 0 aliphatic heterocycles. The number of anilines is 1. The first kappa shape index (κ1) is 14.4. The number of nitrogens with two attached hydrogens (primary N) is 1. The minimum Gasteiger partial charge on any atom is -0.375 e. The van der Waals surface area contributed by atoms with E-state index in [2.05, 4.69) is 9.71 Å². The first-order valence-corrected chi connectivity index (χ1v) is 7.59. The number of hydrogen-bond acceptors (Lipinski definition) is 5. The van der Waals surface area contributed by atoms with Gasteiger partial charge in [0.2, 0.25) is 0 Å². The highest BCUT2D eigenvalue weighted by Crippen LogP contribution is 2.27. The van der Waals surface area contributed by atoms with E-state index in [0.717, 1.165) is 11.3 Å². The summed E-state index contributed by atoms with van der Waals surface area (Å²) in [6.07, 6.45) is 0. The molecular weight excluding hydrogens is 258 g/mol. The summed E-state index contributed by atoms with van der Waals surface area (Å²) in [7, 11) is -3.53. The van der Waals surface area contributed by atoms with Crippen LogP contribution in [0.1, 0.15) is 33.4 Å². The molecule has 1 aromatic rings. The molecule has 0 aliphatic rings. The number of rotatable bonds is 3. The predicted octanol–water partition coefficient (Wildman–Crippen LogP) is 1.75. The number of thiazole rings is 1. The van der Waals surface area contributed by atoms with E-state index in [1.165, 1.54) is 0 Å². The summed E-state index contributed by atoms with van der Waals surface area (Å²) in [4.78, 5) is 3.92. The van der Waals surface area contributed by atoms with Crippen molar-refractivity contribution in [3.63, 3.8) is 0 Å². The van der Waals surface area contributed by atoms with Crippen LogP contribution in [0.4, 0.5) is 5.13 Å². The number of nitrogen functional groups attached to an aromatic ring is 1. The highest BCUT2D eigenvalue weighted by atomic mass is 32.2. The smallest absolute Gasteiger partial charge is 0.252 e. The van der Waals surface area contributed by atoms with Crippen LogP contribution < -0.4 is 10.5 Å². The molecule has 0 saturated heterocycles. The van der Waals surface area contributed by atoms with E-state index in [1.807, 2.05) is 27.7 Å². The molecule has 3 N–H and O–H groups in total. The third-order valence-electron chi connectivity index (χ3n) is 2.65.